The zero-order valence-corrected chi connectivity index (χ0v) is 15.8. The van der Waals surface area contributed by atoms with Gasteiger partial charge in [-0.25, -0.2) is 23.1 Å². The highest BCUT2D eigenvalue weighted by Crippen LogP contribution is 2.32. The lowest BCUT2D eigenvalue weighted by Gasteiger charge is -2.32. The van der Waals surface area contributed by atoms with E-state index in [2.05, 4.69) is 15.4 Å². The Morgan fingerprint density at radius 1 is 1.31 bits per heavy atom. The molecule has 160 valence electrons. The molecule has 2 amide bonds. The quantitative estimate of drug-likeness (QED) is 0.729. The molecule has 0 atom stereocenters. The number of nitrogens with zero attached hydrogens (tertiary/aromatic N) is 4. The number of carbonyl (C=O) groups is 1. The van der Waals surface area contributed by atoms with Gasteiger partial charge in [0.1, 0.15) is 0 Å². The second-order valence-corrected chi connectivity index (χ2v) is 7.38. The van der Waals surface area contributed by atoms with Crippen LogP contribution in [0.4, 0.5) is 26.7 Å². The van der Waals surface area contributed by atoms with Crippen molar-refractivity contribution in [3.8, 4) is 0 Å². The summed E-state index contributed by atoms with van der Waals surface area (Å²) < 4.78 is 71.7. The second-order valence-electron chi connectivity index (χ2n) is 7.38. The van der Waals surface area contributed by atoms with Crippen molar-refractivity contribution in [2.75, 3.05) is 19.7 Å². The molecule has 1 N–H and O–H groups in total. The lowest BCUT2D eigenvalue weighted by molar-refractivity contribution is -0.263. The van der Waals surface area contributed by atoms with Gasteiger partial charge in [-0.1, -0.05) is 0 Å². The van der Waals surface area contributed by atoms with Crippen LogP contribution in [0, 0.1) is 0 Å². The lowest BCUT2D eigenvalue weighted by Crippen LogP contribution is -2.56. The van der Waals surface area contributed by atoms with E-state index < -0.39 is 36.8 Å². The average Bonchev–Trinajstić information content (AvgIpc) is 2.99. The molecule has 2 aromatic rings. The van der Waals surface area contributed by atoms with E-state index in [0.717, 1.165) is 18.7 Å². The van der Waals surface area contributed by atoms with Gasteiger partial charge in [-0.3, -0.25) is 0 Å². The molecule has 1 aliphatic heterocycles. The van der Waals surface area contributed by atoms with Crippen LogP contribution in [0.3, 0.4) is 0 Å². The molecule has 1 saturated heterocycles. The van der Waals surface area contributed by atoms with Crippen molar-refractivity contribution in [1.29, 1.82) is 0 Å². The Kier molecular flexibility index (Phi) is 5.41. The van der Waals surface area contributed by atoms with Gasteiger partial charge < -0.3 is 15.0 Å². The molecular weight excluding hydrogens is 401 g/mol. The van der Waals surface area contributed by atoms with E-state index >= 15 is 0 Å². The van der Waals surface area contributed by atoms with Gasteiger partial charge >= 0.3 is 12.2 Å². The first-order valence-corrected chi connectivity index (χ1v) is 8.81. The fraction of sp³-hybridized carbons (Fsp3) is 0.588. The van der Waals surface area contributed by atoms with E-state index in [1.54, 1.807) is 12.3 Å². The minimum absolute atomic E-state index is 0.0734. The zero-order chi connectivity index (χ0) is 21.4. The third-order valence-corrected chi connectivity index (χ3v) is 4.51. The lowest BCUT2D eigenvalue weighted by atomic mass is 10.1. The van der Waals surface area contributed by atoms with Crippen molar-refractivity contribution in [2.45, 2.75) is 44.5 Å². The summed E-state index contributed by atoms with van der Waals surface area (Å²) >= 11 is 0. The zero-order valence-electron chi connectivity index (χ0n) is 15.8. The molecule has 0 unspecified atom stereocenters. The summed E-state index contributed by atoms with van der Waals surface area (Å²) in [5.41, 5.74) is -0.919. The molecule has 7 nitrogen and oxygen atoms in total. The SMILES string of the molecule is CC(C)(OCCc1cn2ncc(CN3CC(F)(F)CNC3=O)cc2n1)C(F)(F)F. The van der Waals surface area contributed by atoms with E-state index in [1.807, 2.05) is 0 Å². The molecule has 0 spiro atoms. The van der Waals surface area contributed by atoms with Gasteiger partial charge in [0.2, 0.25) is 0 Å². The molecule has 0 bridgehead atoms. The monoisotopic (exact) mass is 421 g/mol. The van der Waals surface area contributed by atoms with E-state index in [9.17, 15) is 26.7 Å². The van der Waals surface area contributed by atoms with Gasteiger partial charge in [0.15, 0.2) is 11.2 Å². The topological polar surface area (TPSA) is 71.8 Å². The van der Waals surface area contributed by atoms with Crippen LogP contribution >= 0.6 is 0 Å². The average molecular weight is 421 g/mol. The van der Waals surface area contributed by atoms with Crippen LogP contribution in [0.25, 0.3) is 5.65 Å². The van der Waals surface area contributed by atoms with Gasteiger partial charge in [0.25, 0.3) is 5.92 Å². The van der Waals surface area contributed by atoms with E-state index in [1.165, 1.54) is 10.7 Å². The van der Waals surface area contributed by atoms with Crippen molar-refractivity contribution in [1.82, 2.24) is 24.8 Å². The summed E-state index contributed by atoms with van der Waals surface area (Å²) in [5, 5.41) is 6.24. The van der Waals surface area contributed by atoms with Crippen LogP contribution < -0.4 is 5.32 Å². The van der Waals surface area contributed by atoms with Crippen LogP contribution in [0.15, 0.2) is 18.5 Å². The summed E-state index contributed by atoms with van der Waals surface area (Å²) in [5.74, 6) is -3.02. The summed E-state index contributed by atoms with van der Waals surface area (Å²) in [6.07, 6.45) is -1.38. The summed E-state index contributed by atoms with van der Waals surface area (Å²) in [7, 11) is 0. The highest BCUT2D eigenvalue weighted by atomic mass is 19.4. The maximum atomic E-state index is 13.5. The highest BCUT2D eigenvalue weighted by Gasteiger charge is 2.48. The minimum Gasteiger partial charge on any atom is -0.366 e. The molecule has 12 heteroatoms. The fourth-order valence-corrected chi connectivity index (χ4v) is 2.74. The van der Waals surface area contributed by atoms with E-state index in [-0.39, 0.29) is 19.6 Å². The van der Waals surface area contributed by atoms with Crippen LogP contribution in [0.1, 0.15) is 25.1 Å². The number of amides is 2. The summed E-state index contributed by atoms with van der Waals surface area (Å²) in [6, 6.07) is 0.987. The Hall–Kier alpha value is -2.50. The van der Waals surface area contributed by atoms with Crippen LogP contribution in [0.2, 0.25) is 0 Å². The molecule has 0 saturated carbocycles. The predicted octanol–water partition coefficient (Wildman–Crippen LogP) is 2.79. The third kappa shape index (κ3) is 4.92. The molecule has 29 heavy (non-hydrogen) atoms. The number of nitrogens with one attached hydrogen (secondary N) is 1. The van der Waals surface area contributed by atoms with Crippen LogP contribution in [-0.2, 0) is 17.7 Å². The number of hydrogen-bond donors (Lipinski definition) is 1. The maximum absolute atomic E-state index is 13.5. The summed E-state index contributed by atoms with van der Waals surface area (Å²) in [4.78, 5) is 17.0. The second kappa shape index (κ2) is 7.39. The van der Waals surface area contributed by atoms with E-state index in [4.69, 9.17) is 4.74 Å². The number of fused-ring (bicyclic) bond motifs is 1. The molecule has 0 aliphatic carbocycles. The number of hydrogen-bond acceptors (Lipinski definition) is 4. The first-order valence-electron chi connectivity index (χ1n) is 8.81. The molecular formula is C17H20F5N5O2. The van der Waals surface area contributed by atoms with Crippen molar-refractivity contribution in [2.24, 2.45) is 0 Å². The number of rotatable bonds is 6. The molecule has 3 heterocycles. The Labute approximate surface area is 162 Å². The number of alkyl halides is 5. The fourth-order valence-electron chi connectivity index (χ4n) is 2.74. The number of carbonyl (C=O) groups excluding carboxylic acids is 1. The van der Waals surface area contributed by atoms with Crippen molar-refractivity contribution in [3.05, 3.63) is 29.7 Å². The molecule has 1 fully saturated rings. The van der Waals surface area contributed by atoms with Crippen LogP contribution in [-0.4, -0.2) is 62.9 Å². The number of halogens is 5. The largest absolute Gasteiger partial charge is 0.416 e. The first-order chi connectivity index (χ1) is 13.4. The van der Waals surface area contributed by atoms with E-state index in [0.29, 0.717) is 16.9 Å². The normalized spacial score (nSPS) is 17.6. The number of aromatic nitrogens is 3. The van der Waals surface area contributed by atoms with Gasteiger partial charge in [-0.15, -0.1) is 0 Å². The number of urea groups is 1. The number of imidazole rings is 1. The molecule has 1 aliphatic rings. The highest BCUT2D eigenvalue weighted by molar-refractivity contribution is 5.75. The first kappa shape index (κ1) is 21.2. The van der Waals surface area contributed by atoms with Crippen molar-refractivity contribution in [3.63, 3.8) is 0 Å². The van der Waals surface area contributed by atoms with Gasteiger partial charge in [0.05, 0.1) is 37.8 Å². The maximum Gasteiger partial charge on any atom is 0.416 e. The Bertz CT molecular complexity index is 896. The predicted molar refractivity (Wildman–Crippen MR) is 91.5 cm³/mol. The minimum atomic E-state index is -4.49. The van der Waals surface area contributed by atoms with Crippen molar-refractivity contribution < 1.29 is 31.5 Å². The molecule has 2 aromatic heterocycles. The summed E-state index contributed by atoms with van der Waals surface area (Å²) in [6.45, 7) is 0.240. The standard InChI is InChI=1S/C17H20F5N5O2/c1-15(2,17(20,21)22)29-4-3-12-8-27-13(25-12)5-11(6-24-27)7-26-10-16(18,19)9-23-14(26)28/h5-6,8H,3-4,7,9-10H2,1-2H3,(H,23,28). The van der Waals surface area contributed by atoms with Gasteiger partial charge in [-0.2, -0.15) is 18.3 Å². The van der Waals surface area contributed by atoms with Crippen molar-refractivity contribution >= 4 is 11.7 Å². The Morgan fingerprint density at radius 2 is 2.03 bits per heavy atom. The third-order valence-electron chi connectivity index (χ3n) is 4.51. The Balaban J connectivity index is 1.65. The van der Waals surface area contributed by atoms with Crippen LogP contribution in [0.5, 0.6) is 0 Å². The van der Waals surface area contributed by atoms with Gasteiger partial charge in [-0.05, 0) is 25.5 Å². The molecule has 3 rings (SSSR count). The number of ether oxygens (including phenoxy) is 1. The smallest absolute Gasteiger partial charge is 0.366 e. The van der Waals surface area contributed by atoms with Gasteiger partial charge in [0, 0.05) is 13.0 Å². The Morgan fingerprint density at radius 3 is 2.72 bits per heavy atom. The molecule has 0 aromatic carbocycles. The molecule has 0 radical (unpaired) electrons.